The van der Waals surface area contributed by atoms with Crippen LogP contribution in [0.25, 0.3) is 5.69 Å². The van der Waals surface area contributed by atoms with Crippen molar-refractivity contribution >= 4 is 5.91 Å². The van der Waals surface area contributed by atoms with E-state index in [1.807, 2.05) is 23.7 Å². The van der Waals surface area contributed by atoms with Gasteiger partial charge in [0.1, 0.15) is 0 Å². The fourth-order valence-corrected chi connectivity index (χ4v) is 3.22. The number of aromatic nitrogens is 3. The maximum Gasteiger partial charge on any atom is 0.416 e. The summed E-state index contributed by atoms with van der Waals surface area (Å²) in [4.78, 5) is 14.7. The number of nitrogens with zero attached hydrogens (tertiary/aromatic N) is 3. The number of benzene rings is 1. The summed E-state index contributed by atoms with van der Waals surface area (Å²) < 4.78 is 43.6. The van der Waals surface area contributed by atoms with Gasteiger partial charge in [-0.1, -0.05) is 6.07 Å². The number of hydrogen-bond acceptors (Lipinski definition) is 4. The first-order chi connectivity index (χ1) is 14.8. The van der Waals surface area contributed by atoms with Gasteiger partial charge in [-0.25, -0.2) is 9.67 Å². The predicted octanol–water partition coefficient (Wildman–Crippen LogP) is 4.35. The predicted molar refractivity (Wildman–Crippen MR) is 109 cm³/mol. The molecule has 1 aliphatic carbocycles. The van der Waals surface area contributed by atoms with Crippen LogP contribution in [0.3, 0.4) is 0 Å². The number of primary amides is 1. The number of amides is 1. The van der Waals surface area contributed by atoms with Crippen molar-refractivity contribution in [2.24, 2.45) is 5.73 Å². The van der Waals surface area contributed by atoms with Gasteiger partial charge in [0.15, 0.2) is 0 Å². The number of nitrogens with two attached hydrogens (primary N) is 1. The molecular formula is C22H23F3N4O2. The lowest BCUT2D eigenvalue weighted by Crippen LogP contribution is -2.13. The van der Waals surface area contributed by atoms with Crippen molar-refractivity contribution in [2.45, 2.75) is 38.8 Å². The SMILES string of the molecule is CCOc1cc(-n2cc3c(n2)CCCC3)ccn1.NC(=O)c1cccc(C(F)(F)F)c1. The highest BCUT2D eigenvalue weighted by Crippen LogP contribution is 2.29. The van der Waals surface area contributed by atoms with Crippen molar-refractivity contribution in [3.63, 3.8) is 0 Å². The molecule has 1 aliphatic rings. The van der Waals surface area contributed by atoms with Gasteiger partial charge in [0.2, 0.25) is 11.8 Å². The van der Waals surface area contributed by atoms with E-state index in [0.717, 1.165) is 36.7 Å². The van der Waals surface area contributed by atoms with Crippen LogP contribution in [0, 0.1) is 0 Å². The van der Waals surface area contributed by atoms with Gasteiger partial charge in [-0.2, -0.15) is 18.3 Å². The highest BCUT2D eigenvalue weighted by molar-refractivity contribution is 5.92. The number of carbonyl (C=O) groups is 1. The van der Waals surface area contributed by atoms with Gasteiger partial charge in [-0.15, -0.1) is 0 Å². The molecule has 0 saturated carbocycles. The number of rotatable bonds is 4. The van der Waals surface area contributed by atoms with Crippen LogP contribution in [-0.4, -0.2) is 27.3 Å². The summed E-state index contributed by atoms with van der Waals surface area (Å²) in [6.45, 7) is 2.59. The van der Waals surface area contributed by atoms with Crippen molar-refractivity contribution in [3.8, 4) is 11.6 Å². The lowest BCUT2D eigenvalue weighted by atomic mass is 9.99. The van der Waals surface area contributed by atoms with Crippen LogP contribution in [0.4, 0.5) is 13.2 Å². The fourth-order valence-electron chi connectivity index (χ4n) is 3.22. The van der Waals surface area contributed by atoms with E-state index < -0.39 is 17.6 Å². The first-order valence-electron chi connectivity index (χ1n) is 9.91. The van der Waals surface area contributed by atoms with Gasteiger partial charge in [0.25, 0.3) is 0 Å². The molecule has 0 atom stereocenters. The third-order valence-electron chi connectivity index (χ3n) is 4.74. The summed E-state index contributed by atoms with van der Waals surface area (Å²) in [5.41, 5.74) is 7.45. The Bertz CT molecular complexity index is 1020. The second-order valence-corrected chi connectivity index (χ2v) is 6.98. The molecule has 0 aliphatic heterocycles. The van der Waals surface area contributed by atoms with Crippen molar-refractivity contribution in [3.05, 3.63) is 71.2 Å². The van der Waals surface area contributed by atoms with Gasteiger partial charge >= 0.3 is 6.18 Å². The minimum absolute atomic E-state index is 0.144. The monoisotopic (exact) mass is 432 g/mol. The van der Waals surface area contributed by atoms with E-state index in [1.165, 1.54) is 30.2 Å². The van der Waals surface area contributed by atoms with E-state index in [2.05, 4.69) is 16.3 Å². The van der Waals surface area contributed by atoms with Gasteiger partial charge in [0, 0.05) is 24.0 Å². The molecule has 2 N–H and O–H groups in total. The average molecular weight is 432 g/mol. The van der Waals surface area contributed by atoms with Crippen molar-refractivity contribution in [1.82, 2.24) is 14.8 Å². The fraction of sp³-hybridized carbons (Fsp3) is 0.318. The third kappa shape index (κ3) is 5.84. The van der Waals surface area contributed by atoms with Crippen LogP contribution < -0.4 is 10.5 Å². The number of halogens is 3. The van der Waals surface area contributed by atoms with Crippen LogP contribution in [0.1, 0.15) is 46.9 Å². The molecule has 4 rings (SSSR count). The standard InChI is InChI=1S/C14H17N3O.C8H6F3NO/c1-2-18-14-9-12(7-8-15-14)17-10-11-5-3-4-6-13(11)16-17;9-8(10,11)6-3-1-2-5(4-6)7(12)13/h7-10H,2-6H2,1H3;1-4H,(H2,12,13). The average Bonchev–Trinajstić information content (AvgIpc) is 3.19. The maximum absolute atomic E-state index is 12.1. The van der Waals surface area contributed by atoms with E-state index in [-0.39, 0.29) is 5.56 Å². The highest BCUT2D eigenvalue weighted by atomic mass is 19.4. The number of pyridine rings is 1. The number of fused-ring (bicyclic) bond motifs is 1. The smallest absolute Gasteiger partial charge is 0.416 e. The zero-order valence-electron chi connectivity index (χ0n) is 17.0. The lowest BCUT2D eigenvalue weighted by Gasteiger charge is -2.06. The number of alkyl halides is 3. The van der Waals surface area contributed by atoms with Crippen LogP contribution in [-0.2, 0) is 19.0 Å². The molecule has 2 heterocycles. The maximum atomic E-state index is 12.1. The van der Waals surface area contributed by atoms with Crippen LogP contribution in [0.15, 0.2) is 48.8 Å². The first kappa shape index (κ1) is 22.3. The van der Waals surface area contributed by atoms with Crippen molar-refractivity contribution in [2.75, 3.05) is 6.61 Å². The summed E-state index contributed by atoms with van der Waals surface area (Å²) in [5.74, 6) is -0.213. The third-order valence-corrected chi connectivity index (χ3v) is 4.74. The zero-order chi connectivity index (χ0) is 22.4. The Morgan fingerprint density at radius 3 is 2.65 bits per heavy atom. The molecule has 9 heteroatoms. The molecule has 164 valence electrons. The lowest BCUT2D eigenvalue weighted by molar-refractivity contribution is -0.137. The Labute approximate surface area is 177 Å². The number of carbonyl (C=O) groups excluding carboxylic acids is 1. The molecule has 0 radical (unpaired) electrons. The second kappa shape index (κ2) is 9.63. The van der Waals surface area contributed by atoms with Crippen LogP contribution >= 0.6 is 0 Å². The van der Waals surface area contributed by atoms with E-state index in [4.69, 9.17) is 10.5 Å². The van der Waals surface area contributed by atoms with E-state index in [1.54, 1.807) is 6.20 Å². The van der Waals surface area contributed by atoms with Gasteiger partial charge < -0.3 is 10.5 Å². The molecule has 0 bridgehead atoms. The quantitative estimate of drug-likeness (QED) is 0.665. The Morgan fingerprint density at radius 2 is 1.97 bits per heavy atom. The van der Waals surface area contributed by atoms with Crippen molar-refractivity contribution in [1.29, 1.82) is 0 Å². The zero-order valence-corrected chi connectivity index (χ0v) is 17.0. The van der Waals surface area contributed by atoms with E-state index >= 15 is 0 Å². The van der Waals surface area contributed by atoms with Gasteiger partial charge in [-0.3, -0.25) is 4.79 Å². The molecule has 2 aromatic heterocycles. The molecule has 1 aromatic carbocycles. The topological polar surface area (TPSA) is 83.0 Å². The van der Waals surface area contributed by atoms with Crippen LogP contribution in [0.2, 0.25) is 0 Å². The number of aryl methyl sites for hydroxylation is 2. The molecule has 3 aromatic rings. The number of hydrogen-bond donors (Lipinski definition) is 1. The largest absolute Gasteiger partial charge is 0.478 e. The normalized spacial score (nSPS) is 13.0. The molecular weight excluding hydrogens is 409 g/mol. The summed E-state index contributed by atoms with van der Waals surface area (Å²) in [7, 11) is 0. The molecule has 0 spiro atoms. The first-order valence-corrected chi connectivity index (χ1v) is 9.91. The highest BCUT2D eigenvalue weighted by Gasteiger charge is 2.30. The number of ether oxygens (including phenoxy) is 1. The van der Waals surface area contributed by atoms with E-state index in [9.17, 15) is 18.0 Å². The Hall–Kier alpha value is -3.36. The van der Waals surface area contributed by atoms with Gasteiger partial charge in [-0.05, 0) is 62.4 Å². The van der Waals surface area contributed by atoms with E-state index in [0.29, 0.717) is 12.5 Å². The van der Waals surface area contributed by atoms with Crippen LogP contribution in [0.5, 0.6) is 5.88 Å². The second-order valence-electron chi connectivity index (χ2n) is 6.98. The molecule has 0 fully saturated rings. The molecule has 31 heavy (non-hydrogen) atoms. The summed E-state index contributed by atoms with van der Waals surface area (Å²) in [5, 5.41) is 4.66. The minimum atomic E-state index is -4.44. The molecule has 1 amide bonds. The summed E-state index contributed by atoms with van der Waals surface area (Å²) in [6, 6.07) is 7.87. The summed E-state index contributed by atoms with van der Waals surface area (Å²) in [6.07, 6.45) is 4.25. The molecule has 0 saturated heterocycles. The summed E-state index contributed by atoms with van der Waals surface area (Å²) >= 11 is 0. The molecule has 6 nitrogen and oxygen atoms in total. The van der Waals surface area contributed by atoms with Crippen molar-refractivity contribution < 1.29 is 22.7 Å². The molecule has 0 unspecified atom stereocenters. The minimum Gasteiger partial charge on any atom is -0.478 e. The van der Waals surface area contributed by atoms with Gasteiger partial charge in [0.05, 0.1) is 23.6 Å². The Kier molecular flexibility index (Phi) is 6.94. The Balaban J connectivity index is 0.000000187. The Morgan fingerprint density at radius 1 is 1.19 bits per heavy atom.